The zero-order valence-corrected chi connectivity index (χ0v) is 20.4. The van der Waals surface area contributed by atoms with Crippen LogP contribution in [0.4, 0.5) is 0 Å². The first kappa shape index (κ1) is 23.1. The lowest BCUT2D eigenvalue weighted by Gasteiger charge is -2.21. The molecule has 35 heavy (non-hydrogen) atoms. The SMILES string of the molecule is Cc1noc(C)c1COc1cccc(C(=O)N2CCC[C@@H](Cc3cncc4ccccc34)CC2)c1. The van der Waals surface area contributed by atoms with Crippen molar-refractivity contribution in [2.45, 2.75) is 46.1 Å². The Bertz CT molecular complexity index is 1310. The molecular formula is C29H31N3O3. The second kappa shape index (κ2) is 10.3. The van der Waals surface area contributed by atoms with Crippen LogP contribution in [0.1, 0.15) is 52.2 Å². The molecule has 0 aliphatic carbocycles. The summed E-state index contributed by atoms with van der Waals surface area (Å²) in [6.07, 6.45) is 8.06. The molecule has 1 aliphatic rings. The Morgan fingerprint density at radius 3 is 2.83 bits per heavy atom. The van der Waals surface area contributed by atoms with Crippen molar-refractivity contribution in [3.63, 3.8) is 0 Å². The summed E-state index contributed by atoms with van der Waals surface area (Å²) in [6, 6.07) is 15.9. The third-order valence-electron chi connectivity index (χ3n) is 7.04. The Morgan fingerprint density at radius 1 is 1.09 bits per heavy atom. The topological polar surface area (TPSA) is 68.5 Å². The van der Waals surface area contributed by atoms with Gasteiger partial charge < -0.3 is 14.2 Å². The van der Waals surface area contributed by atoms with Crippen LogP contribution in [0.25, 0.3) is 10.8 Å². The molecular weight excluding hydrogens is 438 g/mol. The fraction of sp³-hybridized carbons (Fsp3) is 0.345. The van der Waals surface area contributed by atoms with E-state index in [0.717, 1.165) is 55.8 Å². The zero-order valence-electron chi connectivity index (χ0n) is 20.4. The number of ether oxygens (including phenoxy) is 1. The highest BCUT2D eigenvalue weighted by Gasteiger charge is 2.23. The van der Waals surface area contributed by atoms with E-state index in [9.17, 15) is 4.79 Å². The van der Waals surface area contributed by atoms with Crippen molar-refractivity contribution in [1.82, 2.24) is 15.0 Å². The van der Waals surface area contributed by atoms with Gasteiger partial charge in [0.2, 0.25) is 0 Å². The fourth-order valence-electron chi connectivity index (χ4n) is 4.99. The predicted octanol–water partition coefficient (Wildman–Crippen LogP) is 5.90. The minimum Gasteiger partial charge on any atom is -0.489 e. The second-order valence-electron chi connectivity index (χ2n) is 9.43. The molecule has 1 atom stereocenters. The Kier molecular flexibility index (Phi) is 6.80. The molecule has 1 aliphatic heterocycles. The number of nitrogens with zero attached hydrogens (tertiary/aromatic N) is 3. The molecule has 0 spiro atoms. The second-order valence-corrected chi connectivity index (χ2v) is 9.43. The van der Waals surface area contributed by atoms with E-state index < -0.39 is 0 Å². The summed E-state index contributed by atoms with van der Waals surface area (Å²) in [5.41, 5.74) is 3.74. The molecule has 1 fully saturated rings. The van der Waals surface area contributed by atoms with Crippen LogP contribution < -0.4 is 4.74 Å². The molecule has 6 heteroatoms. The maximum Gasteiger partial charge on any atom is 0.253 e. The lowest BCUT2D eigenvalue weighted by Crippen LogP contribution is -2.32. The molecule has 3 heterocycles. The maximum atomic E-state index is 13.3. The van der Waals surface area contributed by atoms with Gasteiger partial charge in [0.05, 0.1) is 11.3 Å². The molecule has 0 N–H and O–H groups in total. The van der Waals surface area contributed by atoms with E-state index in [1.807, 2.05) is 55.4 Å². The van der Waals surface area contributed by atoms with Gasteiger partial charge in [0.15, 0.2) is 0 Å². The van der Waals surface area contributed by atoms with Gasteiger partial charge in [-0.15, -0.1) is 0 Å². The highest BCUT2D eigenvalue weighted by molar-refractivity contribution is 5.94. The van der Waals surface area contributed by atoms with Crippen LogP contribution in [-0.2, 0) is 13.0 Å². The van der Waals surface area contributed by atoms with Gasteiger partial charge in [0.25, 0.3) is 5.91 Å². The average Bonchev–Trinajstić information content (AvgIpc) is 3.06. The molecule has 6 nitrogen and oxygen atoms in total. The van der Waals surface area contributed by atoms with Crippen molar-refractivity contribution in [3.05, 3.63) is 89.1 Å². The molecule has 2 aromatic heterocycles. The summed E-state index contributed by atoms with van der Waals surface area (Å²) in [5.74, 6) is 2.05. The number of amides is 1. The van der Waals surface area contributed by atoms with Crippen LogP contribution in [0.2, 0.25) is 0 Å². The van der Waals surface area contributed by atoms with Gasteiger partial charge in [-0.3, -0.25) is 9.78 Å². The number of carbonyl (C=O) groups is 1. The van der Waals surface area contributed by atoms with Gasteiger partial charge in [-0.1, -0.05) is 35.5 Å². The van der Waals surface area contributed by atoms with Crippen LogP contribution in [0.5, 0.6) is 5.75 Å². The predicted molar refractivity (Wildman–Crippen MR) is 135 cm³/mol. The molecule has 1 saturated heterocycles. The lowest BCUT2D eigenvalue weighted by molar-refractivity contribution is 0.0759. The highest BCUT2D eigenvalue weighted by Crippen LogP contribution is 2.27. The number of hydrogen-bond donors (Lipinski definition) is 0. The largest absolute Gasteiger partial charge is 0.489 e. The number of carbonyl (C=O) groups excluding carboxylic acids is 1. The van der Waals surface area contributed by atoms with E-state index in [1.165, 1.54) is 16.3 Å². The average molecular weight is 470 g/mol. The third-order valence-corrected chi connectivity index (χ3v) is 7.04. The van der Waals surface area contributed by atoms with Crippen molar-refractivity contribution >= 4 is 16.7 Å². The van der Waals surface area contributed by atoms with Crippen molar-refractivity contribution in [2.75, 3.05) is 13.1 Å². The van der Waals surface area contributed by atoms with Crippen LogP contribution in [0.15, 0.2) is 65.4 Å². The van der Waals surface area contributed by atoms with E-state index in [4.69, 9.17) is 9.26 Å². The summed E-state index contributed by atoms with van der Waals surface area (Å²) in [5, 5.41) is 6.44. The Hall–Kier alpha value is -3.67. The highest BCUT2D eigenvalue weighted by atomic mass is 16.5. The molecule has 0 saturated carbocycles. The summed E-state index contributed by atoms with van der Waals surface area (Å²) < 4.78 is 11.2. The van der Waals surface area contributed by atoms with Gasteiger partial charge in [-0.05, 0) is 74.6 Å². The van der Waals surface area contributed by atoms with Gasteiger partial charge in [0.1, 0.15) is 18.1 Å². The Labute approximate surface area is 205 Å². The molecule has 5 rings (SSSR count). The normalized spacial score (nSPS) is 16.3. The number of aryl methyl sites for hydroxylation is 2. The molecule has 1 amide bonds. The standard InChI is InChI=1S/C29H31N3O3/c1-20-28(21(2)35-31-20)19-34-26-10-5-9-23(16-26)29(33)32-13-6-7-22(12-14-32)15-25-18-30-17-24-8-3-4-11-27(24)25/h3-5,8-11,16-18,22H,6-7,12-15,19H2,1-2H3/t22-/m1/s1. The summed E-state index contributed by atoms with van der Waals surface area (Å²) in [7, 11) is 0. The molecule has 2 aromatic carbocycles. The van der Waals surface area contributed by atoms with Crippen LogP contribution >= 0.6 is 0 Å². The number of hydrogen-bond acceptors (Lipinski definition) is 5. The zero-order chi connectivity index (χ0) is 24.2. The Balaban J connectivity index is 1.22. The Morgan fingerprint density at radius 2 is 1.97 bits per heavy atom. The lowest BCUT2D eigenvalue weighted by atomic mass is 9.91. The number of pyridine rings is 1. The van der Waals surface area contributed by atoms with Gasteiger partial charge in [-0.2, -0.15) is 0 Å². The van der Waals surface area contributed by atoms with Crippen LogP contribution in [0, 0.1) is 19.8 Å². The van der Waals surface area contributed by atoms with Gasteiger partial charge in [0, 0.05) is 36.4 Å². The molecule has 4 aromatic rings. The monoisotopic (exact) mass is 469 g/mol. The van der Waals surface area contributed by atoms with Crippen molar-refractivity contribution in [3.8, 4) is 5.75 Å². The molecule has 0 bridgehead atoms. The fourth-order valence-corrected chi connectivity index (χ4v) is 4.99. The minimum atomic E-state index is 0.0697. The van der Waals surface area contributed by atoms with Crippen molar-refractivity contribution in [2.24, 2.45) is 5.92 Å². The maximum absolute atomic E-state index is 13.3. The number of rotatable bonds is 6. The van der Waals surface area contributed by atoms with Gasteiger partial charge in [-0.25, -0.2) is 0 Å². The molecule has 180 valence electrons. The van der Waals surface area contributed by atoms with E-state index in [-0.39, 0.29) is 5.91 Å². The third kappa shape index (κ3) is 5.21. The summed E-state index contributed by atoms with van der Waals surface area (Å²) in [4.78, 5) is 19.8. The minimum absolute atomic E-state index is 0.0697. The quantitative estimate of drug-likeness (QED) is 0.351. The van der Waals surface area contributed by atoms with Crippen molar-refractivity contribution < 1.29 is 14.1 Å². The van der Waals surface area contributed by atoms with Crippen molar-refractivity contribution in [1.29, 1.82) is 0 Å². The first-order valence-corrected chi connectivity index (χ1v) is 12.3. The smallest absolute Gasteiger partial charge is 0.253 e. The number of benzene rings is 2. The first-order chi connectivity index (χ1) is 17.1. The number of aromatic nitrogens is 2. The van der Waals surface area contributed by atoms with Crippen LogP contribution in [-0.4, -0.2) is 34.0 Å². The molecule has 0 unspecified atom stereocenters. The van der Waals surface area contributed by atoms with E-state index >= 15 is 0 Å². The van der Waals surface area contributed by atoms with E-state index in [0.29, 0.717) is 23.8 Å². The molecule has 0 radical (unpaired) electrons. The number of likely N-dealkylation sites (tertiary alicyclic amines) is 1. The number of fused-ring (bicyclic) bond motifs is 1. The first-order valence-electron chi connectivity index (χ1n) is 12.3. The van der Waals surface area contributed by atoms with E-state index in [1.54, 1.807) is 0 Å². The summed E-state index contributed by atoms with van der Waals surface area (Å²) >= 11 is 0. The summed E-state index contributed by atoms with van der Waals surface area (Å²) in [6.45, 7) is 5.70. The van der Waals surface area contributed by atoms with Gasteiger partial charge >= 0.3 is 0 Å². The van der Waals surface area contributed by atoms with E-state index in [2.05, 4.69) is 34.4 Å². The van der Waals surface area contributed by atoms with Crippen LogP contribution in [0.3, 0.4) is 0 Å².